The number of hydrogen-bond acceptors (Lipinski definition) is 3. The molecule has 0 bridgehead atoms. The predicted molar refractivity (Wildman–Crippen MR) is 61.8 cm³/mol. The maximum absolute atomic E-state index is 5.95. The predicted octanol–water partition coefficient (Wildman–Crippen LogP) is 1.22. The summed E-state index contributed by atoms with van der Waals surface area (Å²) in [4.78, 5) is 2.57. The summed E-state index contributed by atoms with van der Waals surface area (Å²) in [6, 6.07) is 0.468. The summed E-state index contributed by atoms with van der Waals surface area (Å²) < 4.78 is 5.65. The highest BCUT2D eigenvalue weighted by molar-refractivity contribution is 4.81. The van der Waals surface area contributed by atoms with Gasteiger partial charge in [0.25, 0.3) is 0 Å². The van der Waals surface area contributed by atoms with E-state index in [1.165, 1.54) is 38.8 Å². The maximum Gasteiger partial charge on any atom is 0.0673 e. The van der Waals surface area contributed by atoms with Gasteiger partial charge in [0.15, 0.2) is 0 Å². The molecule has 1 saturated carbocycles. The number of hydrogen-bond donors (Lipinski definition) is 1. The Morgan fingerprint density at radius 2 is 2.27 bits per heavy atom. The molecule has 3 unspecified atom stereocenters. The number of rotatable bonds is 2. The average Bonchev–Trinajstić information content (AvgIpc) is 2.46. The second-order valence-electron chi connectivity index (χ2n) is 5.23. The molecule has 0 spiro atoms. The van der Waals surface area contributed by atoms with Crippen molar-refractivity contribution in [2.75, 3.05) is 26.2 Å². The molecule has 0 aromatic rings. The Bertz CT molecular complexity index is 198. The van der Waals surface area contributed by atoms with Crippen molar-refractivity contribution in [2.45, 2.75) is 44.8 Å². The van der Waals surface area contributed by atoms with Crippen molar-refractivity contribution in [2.24, 2.45) is 11.7 Å². The number of nitrogens with zero attached hydrogens (tertiary/aromatic N) is 1. The minimum absolute atomic E-state index is 0.405. The summed E-state index contributed by atoms with van der Waals surface area (Å²) in [7, 11) is 0. The largest absolute Gasteiger partial charge is 0.377 e. The van der Waals surface area contributed by atoms with E-state index < -0.39 is 0 Å². The number of ether oxygens (including phenoxy) is 1. The molecule has 2 rings (SSSR count). The molecule has 1 aliphatic heterocycles. The third-order valence-electron chi connectivity index (χ3n) is 3.63. The molecule has 1 aliphatic carbocycles. The zero-order chi connectivity index (χ0) is 10.7. The van der Waals surface area contributed by atoms with E-state index in [-0.39, 0.29) is 0 Å². The summed E-state index contributed by atoms with van der Waals surface area (Å²) in [6.45, 7) is 6.66. The van der Waals surface area contributed by atoms with Crippen molar-refractivity contribution >= 4 is 0 Å². The Labute approximate surface area is 93.0 Å². The van der Waals surface area contributed by atoms with Crippen LogP contribution in [0, 0.1) is 5.92 Å². The molecule has 88 valence electrons. The lowest BCUT2D eigenvalue weighted by atomic mass is 10.1. The van der Waals surface area contributed by atoms with Crippen LogP contribution in [0.15, 0.2) is 0 Å². The first kappa shape index (κ1) is 11.4. The average molecular weight is 212 g/mol. The fourth-order valence-corrected chi connectivity index (χ4v) is 2.89. The fraction of sp³-hybridized carbons (Fsp3) is 1.00. The van der Waals surface area contributed by atoms with Crippen LogP contribution in [0.4, 0.5) is 0 Å². The molecule has 15 heavy (non-hydrogen) atoms. The summed E-state index contributed by atoms with van der Waals surface area (Å²) in [5.41, 5.74) is 5.95. The van der Waals surface area contributed by atoms with E-state index in [1.807, 2.05) is 0 Å². The van der Waals surface area contributed by atoms with Crippen molar-refractivity contribution in [1.82, 2.24) is 4.90 Å². The van der Waals surface area contributed by atoms with E-state index in [4.69, 9.17) is 10.5 Å². The monoisotopic (exact) mass is 212 g/mol. The summed E-state index contributed by atoms with van der Waals surface area (Å²) >= 11 is 0. The third kappa shape index (κ3) is 3.44. The van der Waals surface area contributed by atoms with Crippen LogP contribution >= 0.6 is 0 Å². The van der Waals surface area contributed by atoms with Gasteiger partial charge in [0, 0.05) is 32.3 Å². The molecule has 0 aromatic heterocycles. The van der Waals surface area contributed by atoms with Crippen molar-refractivity contribution in [3.8, 4) is 0 Å². The molecule has 2 aliphatic rings. The molecule has 0 aromatic carbocycles. The molecular formula is C12H24N2O. The normalized spacial score (nSPS) is 39.2. The van der Waals surface area contributed by atoms with Gasteiger partial charge >= 0.3 is 0 Å². The van der Waals surface area contributed by atoms with Crippen LogP contribution in [0.1, 0.15) is 32.6 Å². The molecule has 3 atom stereocenters. The van der Waals surface area contributed by atoms with Crippen molar-refractivity contribution in [3.05, 3.63) is 0 Å². The summed E-state index contributed by atoms with van der Waals surface area (Å²) in [6.07, 6.45) is 5.37. The Balaban J connectivity index is 1.77. The van der Waals surface area contributed by atoms with Gasteiger partial charge in [-0.1, -0.05) is 0 Å². The molecule has 2 N–H and O–H groups in total. The molecule has 3 heteroatoms. The van der Waals surface area contributed by atoms with Gasteiger partial charge in [-0.05, 0) is 38.5 Å². The fourth-order valence-electron chi connectivity index (χ4n) is 2.89. The van der Waals surface area contributed by atoms with E-state index in [1.54, 1.807) is 0 Å². The van der Waals surface area contributed by atoms with Gasteiger partial charge in [-0.3, -0.25) is 0 Å². The highest BCUT2D eigenvalue weighted by Crippen LogP contribution is 2.25. The van der Waals surface area contributed by atoms with Crippen LogP contribution in [0.25, 0.3) is 0 Å². The van der Waals surface area contributed by atoms with E-state index >= 15 is 0 Å². The van der Waals surface area contributed by atoms with Crippen LogP contribution in [-0.2, 0) is 4.74 Å². The molecular weight excluding hydrogens is 188 g/mol. The zero-order valence-corrected chi connectivity index (χ0v) is 9.82. The molecule has 1 heterocycles. The molecule has 1 saturated heterocycles. The van der Waals surface area contributed by atoms with E-state index in [2.05, 4.69) is 11.8 Å². The van der Waals surface area contributed by atoms with E-state index in [0.717, 1.165) is 19.1 Å². The number of nitrogens with two attached hydrogens (primary N) is 1. The van der Waals surface area contributed by atoms with Gasteiger partial charge in [-0.25, -0.2) is 0 Å². The topological polar surface area (TPSA) is 38.5 Å². The zero-order valence-electron chi connectivity index (χ0n) is 9.82. The smallest absolute Gasteiger partial charge is 0.0673 e. The van der Waals surface area contributed by atoms with Crippen molar-refractivity contribution in [1.29, 1.82) is 0 Å². The van der Waals surface area contributed by atoms with Gasteiger partial charge in [0.2, 0.25) is 0 Å². The lowest BCUT2D eigenvalue weighted by molar-refractivity contribution is 0.0656. The summed E-state index contributed by atoms with van der Waals surface area (Å²) in [5, 5.41) is 0. The Kier molecular flexibility index (Phi) is 4.00. The lowest BCUT2D eigenvalue weighted by Gasteiger charge is -2.24. The standard InChI is InChI=1S/C12H24N2O/c1-10-8-14(5-2-6-15-10)9-11-3-4-12(13)7-11/h10-12H,2-9,13H2,1H3. The first-order chi connectivity index (χ1) is 7.24. The van der Waals surface area contributed by atoms with Gasteiger partial charge < -0.3 is 15.4 Å². The highest BCUT2D eigenvalue weighted by Gasteiger charge is 2.25. The minimum atomic E-state index is 0.405. The first-order valence-corrected chi connectivity index (χ1v) is 6.33. The lowest BCUT2D eigenvalue weighted by Crippen LogP contribution is -2.34. The molecule has 3 nitrogen and oxygen atoms in total. The highest BCUT2D eigenvalue weighted by atomic mass is 16.5. The van der Waals surface area contributed by atoms with Crippen LogP contribution in [0.2, 0.25) is 0 Å². The quantitative estimate of drug-likeness (QED) is 0.748. The van der Waals surface area contributed by atoms with Crippen LogP contribution in [0.5, 0.6) is 0 Å². The minimum Gasteiger partial charge on any atom is -0.377 e. The second kappa shape index (κ2) is 5.28. The van der Waals surface area contributed by atoms with Gasteiger partial charge in [-0.15, -0.1) is 0 Å². The van der Waals surface area contributed by atoms with Gasteiger partial charge in [0.05, 0.1) is 6.10 Å². The van der Waals surface area contributed by atoms with Crippen LogP contribution in [0.3, 0.4) is 0 Å². The molecule has 2 fully saturated rings. The third-order valence-corrected chi connectivity index (χ3v) is 3.63. The summed E-state index contributed by atoms with van der Waals surface area (Å²) in [5.74, 6) is 0.838. The molecule has 0 amide bonds. The van der Waals surface area contributed by atoms with Crippen LogP contribution in [-0.4, -0.2) is 43.3 Å². The Morgan fingerprint density at radius 1 is 1.40 bits per heavy atom. The maximum atomic E-state index is 5.95. The SMILES string of the molecule is CC1CN(CC2CCC(N)C2)CCCO1. The molecule has 0 radical (unpaired) electrons. The first-order valence-electron chi connectivity index (χ1n) is 6.33. The van der Waals surface area contributed by atoms with Gasteiger partial charge in [0.1, 0.15) is 0 Å². The Hall–Kier alpha value is -0.120. The second-order valence-corrected chi connectivity index (χ2v) is 5.23. The van der Waals surface area contributed by atoms with Crippen LogP contribution < -0.4 is 5.73 Å². The van der Waals surface area contributed by atoms with E-state index in [9.17, 15) is 0 Å². The van der Waals surface area contributed by atoms with Crippen molar-refractivity contribution in [3.63, 3.8) is 0 Å². The van der Waals surface area contributed by atoms with Gasteiger partial charge in [-0.2, -0.15) is 0 Å². The Morgan fingerprint density at radius 3 is 3.00 bits per heavy atom. The van der Waals surface area contributed by atoms with Crippen molar-refractivity contribution < 1.29 is 4.74 Å². The van der Waals surface area contributed by atoms with E-state index in [0.29, 0.717) is 12.1 Å².